The number of nitrogens with zero attached hydrogens (tertiary/aromatic N) is 3. The van der Waals surface area contributed by atoms with Crippen LogP contribution < -0.4 is 20.4 Å². The van der Waals surface area contributed by atoms with Gasteiger partial charge in [0.2, 0.25) is 0 Å². The van der Waals surface area contributed by atoms with Crippen molar-refractivity contribution in [2.75, 3.05) is 52.4 Å². The topological polar surface area (TPSA) is 170 Å². The fraction of sp³-hybridized carbons (Fsp3) is 0.778. The number of hydrogen-bond acceptors (Lipinski definition) is 11. The van der Waals surface area contributed by atoms with Crippen LogP contribution in [-0.2, 0) is 19.2 Å². The van der Waals surface area contributed by atoms with Gasteiger partial charge >= 0.3 is 0 Å². The van der Waals surface area contributed by atoms with Gasteiger partial charge in [-0.3, -0.25) is 14.7 Å². The number of hydrogen-bond donors (Lipinski definition) is 0. The quantitative estimate of drug-likeness (QED) is 0.250. The summed E-state index contributed by atoms with van der Waals surface area (Å²) in [7, 11) is 0. The van der Waals surface area contributed by atoms with E-state index < -0.39 is 48.4 Å². The van der Waals surface area contributed by atoms with Crippen molar-refractivity contribution in [3.8, 4) is 0 Å². The smallest absolute Gasteiger partial charge is 0.0591 e. The Morgan fingerprint density at radius 2 is 1.10 bits per heavy atom. The molecule has 1 unspecified atom stereocenters. The van der Waals surface area contributed by atoms with Crippen molar-refractivity contribution < 1.29 is 39.6 Å². The maximum atomic E-state index is 11.8. The second-order valence-electron chi connectivity index (χ2n) is 7.82. The predicted octanol–water partition coefficient (Wildman–Crippen LogP) is -5.67. The van der Waals surface area contributed by atoms with Crippen LogP contribution in [-0.4, -0.2) is 97.0 Å². The second kappa shape index (κ2) is 12.3. The van der Waals surface area contributed by atoms with Crippen LogP contribution >= 0.6 is 0 Å². The molecule has 0 rings (SSSR count). The van der Waals surface area contributed by atoms with Crippen molar-refractivity contribution in [3.05, 3.63) is 0 Å². The maximum absolute atomic E-state index is 11.8. The van der Waals surface area contributed by atoms with Crippen molar-refractivity contribution in [2.24, 2.45) is 5.41 Å². The van der Waals surface area contributed by atoms with Gasteiger partial charge in [-0.25, -0.2) is 0 Å². The van der Waals surface area contributed by atoms with E-state index in [0.29, 0.717) is 6.54 Å². The van der Waals surface area contributed by atoms with Crippen molar-refractivity contribution in [3.63, 3.8) is 0 Å². The Hall–Kier alpha value is -2.24. The Balaban J connectivity index is 5.43. The lowest BCUT2D eigenvalue weighted by Crippen LogP contribution is -2.58. The summed E-state index contributed by atoms with van der Waals surface area (Å²) in [5.41, 5.74) is -0.752. The third-order valence-electron chi connectivity index (χ3n) is 4.32. The molecule has 0 amide bonds. The molecule has 0 aromatic carbocycles. The molecular weight excluding hydrogens is 386 g/mol. The largest absolute Gasteiger partial charge is 0.549 e. The number of carbonyl (C=O) groups excluding carboxylic acids is 4. The minimum Gasteiger partial charge on any atom is -0.549 e. The monoisotopic (exact) mass is 415 g/mol. The molecule has 0 radical (unpaired) electrons. The lowest BCUT2D eigenvalue weighted by atomic mass is 9.85. The minimum absolute atomic E-state index is 0.0132. The molecule has 11 nitrogen and oxygen atoms in total. The molecule has 11 heteroatoms. The number of carbonyl (C=O) groups is 4. The first-order valence-corrected chi connectivity index (χ1v) is 9.27. The fourth-order valence-corrected chi connectivity index (χ4v) is 3.07. The molecule has 0 aliphatic heterocycles. The summed E-state index contributed by atoms with van der Waals surface area (Å²) in [5, 5.41) is 44.3. The van der Waals surface area contributed by atoms with E-state index >= 15 is 0 Å². The van der Waals surface area contributed by atoms with Gasteiger partial charge < -0.3 is 39.6 Å². The number of rotatable bonds is 15. The molecule has 0 heterocycles. The molecule has 0 saturated heterocycles. The van der Waals surface area contributed by atoms with E-state index in [-0.39, 0.29) is 32.7 Å². The van der Waals surface area contributed by atoms with Crippen molar-refractivity contribution in [1.82, 2.24) is 14.7 Å². The zero-order valence-electron chi connectivity index (χ0n) is 17.3. The van der Waals surface area contributed by atoms with E-state index in [0.717, 1.165) is 4.90 Å². The van der Waals surface area contributed by atoms with Crippen LogP contribution in [0.2, 0.25) is 0 Å². The van der Waals surface area contributed by atoms with Crippen LogP contribution in [0.5, 0.6) is 0 Å². The summed E-state index contributed by atoms with van der Waals surface area (Å²) in [5.74, 6) is -5.56. The van der Waals surface area contributed by atoms with Crippen LogP contribution in [0.15, 0.2) is 0 Å². The maximum Gasteiger partial charge on any atom is 0.0591 e. The fourth-order valence-electron chi connectivity index (χ4n) is 3.07. The van der Waals surface area contributed by atoms with E-state index in [2.05, 4.69) is 0 Å². The molecule has 0 fully saturated rings. The molecule has 0 aliphatic carbocycles. The van der Waals surface area contributed by atoms with Crippen molar-refractivity contribution >= 4 is 23.9 Å². The van der Waals surface area contributed by atoms with Gasteiger partial charge in [-0.05, 0) is 12.0 Å². The van der Waals surface area contributed by atoms with Gasteiger partial charge in [-0.15, -0.1) is 0 Å². The number of aliphatic carboxylic acids is 4. The van der Waals surface area contributed by atoms with Crippen molar-refractivity contribution in [1.29, 1.82) is 0 Å². The molecular formula is C18H29N3O8-4. The van der Waals surface area contributed by atoms with Gasteiger partial charge in [0.1, 0.15) is 0 Å². The van der Waals surface area contributed by atoms with Gasteiger partial charge in [0.25, 0.3) is 0 Å². The lowest BCUT2D eigenvalue weighted by molar-refractivity contribution is -0.316. The Kier molecular flexibility index (Phi) is 11.4. The highest BCUT2D eigenvalue weighted by molar-refractivity contribution is 5.72. The third kappa shape index (κ3) is 11.4. The van der Waals surface area contributed by atoms with Gasteiger partial charge in [-0.2, -0.15) is 0 Å². The minimum atomic E-state index is -1.48. The highest BCUT2D eigenvalue weighted by Crippen LogP contribution is 2.24. The summed E-state index contributed by atoms with van der Waals surface area (Å²) < 4.78 is 0. The second-order valence-corrected chi connectivity index (χ2v) is 7.82. The SMILES string of the molecule is CCN(CCN(CCN(CC(=O)[O-])CC(=O)[O-])C(C(=O)[O-])C(C)(C)C)CC(=O)[O-]. The van der Waals surface area contributed by atoms with E-state index in [4.69, 9.17) is 0 Å². The summed E-state index contributed by atoms with van der Waals surface area (Å²) >= 11 is 0. The number of carboxylic acid groups (broad SMARTS) is 4. The molecule has 0 aromatic rings. The van der Waals surface area contributed by atoms with Crippen LogP contribution in [0.3, 0.4) is 0 Å². The molecule has 0 aromatic heterocycles. The molecule has 0 N–H and O–H groups in total. The number of likely N-dealkylation sites (N-methyl/N-ethyl adjacent to an activating group) is 1. The van der Waals surface area contributed by atoms with Crippen LogP contribution in [0.25, 0.3) is 0 Å². The standard InChI is InChI=1S/C18H33N3O8/c1-5-19(10-13(22)23)6-8-21(16(17(28)29)18(2,3)4)9-7-20(11-14(24)25)12-15(26)27/h16H,5-12H2,1-4H3,(H,22,23)(H,24,25)(H,26,27)(H,28,29)/p-4. The Morgan fingerprint density at radius 3 is 1.41 bits per heavy atom. The molecule has 1 atom stereocenters. The zero-order chi connectivity index (χ0) is 22.8. The molecule has 168 valence electrons. The molecule has 0 aliphatic rings. The van der Waals surface area contributed by atoms with Crippen LogP contribution in [0.4, 0.5) is 0 Å². The predicted molar refractivity (Wildman–Crippen MR) is 93.4 cm³/mol. The number of carboxylic acids is 4. The van der Waals surface area contributed by atoms with E-state index in [9.17, 15) is 39.6 Å². The summed E-state index contributed by atoms with van der Waals surface area (Å²) in [6, 6.07) is -1.07. The third-order valence-corrected chi connectivity index (χ3v) is 4.32. The van der Waals surface area contributed by atoms with Gasteiger partial charge in [0, 0.05) is 45.8 Å². The molecule has 0 saturated carbocycles. The van der Waals surface area contributed by atoms with Gasteiger partial charge in [0.05, 0.1) is 29.9 Å². The molecule has 29 heavy (non-hydrogen) atoms. The Labute approximate surface area is 170 Å². The van der Waals surface area contributed by atoms with Crippen molar-refractivity contribution in [2.45, 2.75) is 33.7 Å². The zero-order valence-corrected chi connectivity index (χ0v) is 17.3. The Morgan fingerprint density at radius 1 is 0.724 bits per heavy atom. The summed E-state index contributed by atoms with van der Waals surface area (Å²) in [6.45, 7) is 5.89. The van der Waals surface area contributed by atoms with Crippen LogP contribution in [0.1, 0.15) is 27.7 Å². The van der Waals surface area contributed by atoms with Crippen LogP contribution in [0, 0.1) is 5.41 Å². The first kappa shape index (κ1) is 26.8. The Bertz CT molecular complexity index is 560. The molecule has 0 spiro atoms. The normalized spacial score (nSPS) is 13.1. The average Bonchev–Trinajstić information content (AvgIpc) is 2.52. The van der Waals surface area contributed by atoms with Gasteiger partial charge in [-0.1, -0.05) is 27.7 Å². The van der Waals surface area contributed by atoms with Gasteiger partial charge in [0.15, 0.2) is 0 Å². The average molecular weight is 415 g/mol. The highest BCUT2D eigenvalue weighted by Gasteiger charge is 2.31. The highest BCUT2D eigenvalue weighted by atomic mass is 16.4. The van der Waals surface area contributed by atoms with E-state index in [1.54, 1.807) is 32.6 Å². The van der Waals surface area contributed by atoms with E-state index in [1.165, 1.54) is 4.90 Å². The lowest BCUT2D eigenvalue weighted by Gasteiger charge is -2.42. The molecule has 0 bridgehead atoms. The first-order chi connectivity index (χ1) is 13.3. The van der Waals surface area contributed by atoms with E-state index in [1.807, 2.05) is 0 Å². The first-order valence-electron chi connectivity index (χ1n) is 9.27. The summed E-state index contributed by atoms with van der Waals surface area (Å²) in [4.78, 5) is 48.4. The summed E-state index contributed by atoms with van der Waals surface area (Å²) in [6.07, 6.45) is 0.